The summed E-state index contributed by atoms with van der Waals surface area (Å²) >= 11 is 3.90. The first-order valence-corrected chi connectivity index (χ1v) is 10.2. The normalized spacial score (nSPS) is 14.8. The summed E-state index contributed by atoms with van der Waals surface area (Å²) in [5.74, 6) is 1.71. The number of carbonyl (C=O) groups is 2. The molecule has 0 bridgehead atoms. The van der Waals surface area contributed by atoms with Crippen molar-refractivity contribution in [2.45, 2.75) is 17.9 Å². The highest BCUT2D eigenvalue weighted by atomic mass is 32.2. The van der Waals surface area contributed by atoms with Crippen LogP contribution in [0.1, 0.15) is 42.8 Å². The number of amides is 2. The van der Waals surface area contributed by atoms with Crippen molar-refractivity contribution in [3.05, 3.63) is 70.8 Å². The summed E-state index contributed by atoms with van der Waals surface area (Å²) in [4.78, 5) is 24.2. The lowest BCUT2D eigenvalue weighted by atomic mass is 10.1. The fourth-order valence-corrected chi connectivity index (χ4v) is 5.33. The van der Waals surface area contributed by atoms with Crippen LogP contribution >= 0.6 is 23.5 Å². The van der Waals surface area contributed by atoms with Crippen molar-refractivity contribution in [3.63, 3.8) is 0 Å². The molecule has 1 fully saturated rings. The highest BCUT2D eigenvalue weighted by molar-refractivity contribution is 8.16. The van der Waals surface area contributed by atoms with Crippen molar-refractivity contribution in [2.75, 3.05) is 11.5 Å². The molecule has 2 aromatic rings. The molecule has 2 amide bonds. The van der Waals surface area contributed by atoms with E-state index in [2.05, 4.69) is 10.9 Å². The maximum atomic E-state index is 12.2. The second kappa shape index (κ2) is 8.45. The van der Waals surface area contributed by atoms with Crippen LogP contribution in [0.2, 0.25) is 0 Å². The zero-order chi connectivity index (χ0) is 17.6. The predicted octanol–water partition coefficient (Wildman–Crippen LogP) is 3.94. The average molecular weight is 373 g/mol. The van der Waals surface area contributed by atoms with Crippen LogP contribution < -0.4 is 10.9 Å². The van der Waals surface area contributed by atoms with Crippen LogP contribution in [0.4, 0.5) is 0 Å². The van der Waals surface area contributed by atoms with Gasteiger partial charge >= 0.3 is 0 Å². The number of carbonyl (C=O) groups excluding carboxylic acids is 2. The zero-order valence-corrected chi connectivity index (χ0v) is 15.6. The standard InChI is InChI=1S/C19H20N2O2S2/c1-13-3-5-14(6-4-13)17(22)20-21-18(23)15-7-9-16(10-8-15)19-24-11-2-12-25-19/h3-10,19H,2,11-12H2,1H3,(H,20,22)(H,21,23). The van der Waals surface area contributed by atoms with Gasteiger partial charge < -0.3 is 0 Å². The van der Waals surface area contributed by atoms with Gasteiger partial charge in [-0.1, -0.05) is 29.8 Å². The average Bonchev–Trinajstić information content (AvgIpc) is 2.67. The van der Waals surface area contributed by atoms with Crippen molar-refractivity contribution in [1.82, 2.24) is 10.9 Å². The molecular weight excluding hydrogens is 352 g/mol. The molecule has 130 valence electrons. The van der Waals surface area contributed by atoms with Crippen molar-refractivity contribution >= 4 is 35.3 Å². The van der Waals surface area contributed by atoms with E-state index in [-0.39, 0.29) is 11.8 Å². The van der Waals surface area contributed by atoms with Crippen molar-refractivity contribution in [3.8, 4) is 0 Å². The number of rotatable bonds is 3. The van der Waals surface area contributed by atoms with Gasteiger partial charge in [0.05, 0.1) is 4.58 Å². The molecule has 25 heavy (non-hydrogen) atoms. The van der Waals surface area contributed by atoms with Gasteiger partial charge in [0.2, 0.25) is 0 Å². The zero-order valence-electron chi connectivity index (χ0n) is 14.0. The van der Waals surface area contributed by atoms with Crippen molar-refractivity contribution < 1.29 is 9.59 Å². The van der Waals surface area contributed by atoms with E-state index in [1.807, 2.05) is 54.7 Å². The summed E-state index contributed by atoms with van der Waals surface area (Å²) in [7, 11) is 0. The Morgan fingerprint density at radius 1 is 0.840 bits per heavy atom. The molecule has 2 aromatic carbocycles. The van der Waals surface area contributed by atoms with Gasteiger partial charge in [-0.3, -0.25) is 20.4 Å². The Morgan fingerprint density at radius 3 is 1.84 bits per heavy atom. The van der Waals surface area contributed by atoms with E-state index in [1.54, 1.807) is 24.3 Å². The Bertz CT molecular complexity index is 739. The highest BCUT2D eigenvalue weighted by Gasteiger charge is 2.17. The summed E-state index contributed by atoms with van der Waals surface area (Å²) in [5, 5.41) is 0. The van der Waals surface area contributed by atoms with Gasteiger partial charge in [0.15, 0.2) is 0 Å². The van der Waals surface area contributed by atoms with Crippen LogP contribution in [-0.4, -0.2) is 23.3 Å². The molecule has 0 radical (unpaired) electrons. The predicted molar refractivity (Wildman–Crippen MR) is 105 cm³/mol. The third-order valence-electron chi connectivity index (χ3n) is 3.88. The number of aryl methyl sites for hydroxylation is 1. The lowest BCUT2D eigenvalue weighted by molar-refractivity contribution is 0.0846. The number of nitrogens with one attached hydrogen (secondary N) is 2. The first-order chi connectivity index (χ1) is 12.1. The molecule has 1 aliphatic heterocycles. The molecule has 0 aliphatic carbocycles. The van der Waals surface area contributed by atoms with Crippen molar-refractivity contribution in [2.24, 2.45) is 0 Å². The molecule has 3 rings (SSSR count). The largest absolute Gasteiger partial charge is 0.269 e. The van der Waals surface area contributed by atoms with Gasteiger partial charge in [-0.2, -0.15) is 0 Å². The van der Waals surface area contributed by atoms with Crippen LogP contribution in [0, 0.1) is 6.92 Å². The second-order valence-electron chi connectivity index (χ2n) is 5.82. The minimum Gasteiger partial charge on any atom is -0.267 e. The third-order valence-corrected chi connectivity index (χ3v) is 6.89. The Kier molecular flexibility index (Phi) is 6.04. The Hall–Kier alpha value is -1.92. The van der Waals surface area contributed by atoms with Gasteiger partial charge in [0.1, 0.15) is 0 Å². The van der Waals surface area contributed by atoms with E-state index in [4.69, 9.17) is 0 Å². The van der Waals surface area contributed by atoms with Gasteiger partial charge in [-0.05, 0) is 54.7 Å². The fraction of sp³-hybridized carbons (Fsp3) is 0.263. The second-order valence-corrected chi connectivity index (χ2v) is 8.55. The van der Waals surface area contributed by atoms with Crippen molar-refractivity contribution in [1.29, 1.82) is 0 Å². The SMILES string of the molecule is Cc1ccc(C(=O)NNC(=O)c2ccc(C3SCCCS3)cc2)cc1. The molecule has 2 N–H and O–H groups in total. The van der Waals surface area contributed by atoms with E-state index in [9.17, 15) is 9.59 Å². The molecule has 6 heteroatoms. The first-order valence-electron chi connectivity index (χ1n) is 8.14. The first kappa shape index (κ1) is 17.9. The van der Waals surface area contributed by atoms with E-state index in [0.29, 0.717) is 15.7 Å². The number of thioether (sulfide) groups is 2. The number of hydrogen-bond acceptors (Lipinski definition) is 4. The van der Waals surface area contributed by atoms with Crippen LogP contribution in [0.3, 0.4) is 0 Å². The van der Waals surface area contributed by atoms with Gasteiger partial charge in [-0.15, -0.1) is 23.5 Å². The number of hydrogen-bond donors (Lipinski definition) is 2. The quantitative estimate of drug-likeness (QED) is 0.802. The Labute approximate surface area is 156 Å². The molecule has 1 aliphatic rings. The van der Waals surface area contributed by atoms with E-state index in [0.717, 1.165) is 5.56 Å². The number of hydrazine groups is 1. The van der Waals surface area contributed by atoms with Gasteiger partial charge in [-0.25, -0.2) is 0 Å². The van der Waals surface area contributed by atoms with Crippen LogP contribution in [-0.2, 0) is 0 Å². The van der Waals surface area contributed by atoms with Gasteiger partial charge in [0, 0.05) is 11.1 Å². The minimum absolute atomic E-state index is 0.323. The monoisotopic (exact) mass is 372 g/mol. The molecule has 1 heterocycles. The van der Waals surface area contributed by atoms with E-state index in [1.165, 1.54) is 23.5 Å². The Morgan fingerprint density at radius 2 is 1.32 bits per heavy atom. The smallest absolute Gasteiger partial charge is 0.267 e. The molecular formula is C19H20N2O2S2. The Balaban J connectivity index is 1.55. The molecule has 4 nitrogen and oxygen atoms in total. The van der Waals surface area contributed by atoms with Crippen LogP contribution in [0.5, 0.6) is 0 Å². The maximum Gasteiger partial charge on any atom is 0.269 e. The molecule has 0 aromatic heterocycles. The molecule has 0 saturated carbocycles. The minimum atomic E-state index is -0.333. The van der Waals surface area contributed by atoms with Gasteiger partial charge in [0.25, 0.3) is 11.8 Å². The van der Waals surface area contributed by atoms with Crippen LogP contribution in [0.15, 0.2) is 48.5 Å². The summed E-state index contributed by atoms with van der Waals surface area (Å²) in [6.07, 6.45) is 1.26. The maximum absolute atomic E-state index is 12.2. The summed E-state index contributed by atoms with van der Waals surface area (Å²) in [6, 6.07) is 14.8. The van der Waals surface area contributed by atoms with E-state index >= 15 is 0 Å². The lowest BCUT2D eigenvalue weighted by Gasteiger charge is -2.21. The lowest BCUT2D eigenvalue weighted by Crippen LogP contribution is -2.41. The number of benzene rings is 2. The van der Waals surface area contributed by atoms with Crippen LogP contribution in [0.25, 0.3) is 0 Å². The van der Waals surface area contributed by atoms with E-state index < -0.39 is 0 Å². The summed E-state index contributed by atoms with van der Waals surface area (Å²) < 4.78 is 0.451. The molecule has 0 atom stereocenters. The third kappa shape index (κ3) is 4.80. The summed E-state index contributed by atoms with van der Waals surface area (Å²) in [6.45, 7) is 1.96. The highest BCUT2D eigenvalue weighted by Crippen LogP contribution is 2.43. The molecule has 1 saturated heterocycles. The fourth-order valence-electron chi connectivity index (χ4n) is 2.43. The topological polar surface area (TPSA) is 58.2 Å². The molecule has 0 spiro atoms. The summed E-state index contributed by atoms with van der Waals surface area (Å²) in [5.41, 5.74) is 8.25. The molecule has 0 unspecified atom stereocenters.